The van der Waals surface area contributed by atoms with Gasteiger partial charge in [0.1, 0.15) is 5.56 Å². The lowest BCUT2D eigenvalue weighted by molar-refractivity contribution is -0.385. The van der Waals surface area contributed by atoms with Crippen LogP contribution < -0.4 is 5.32 Å². The first-order valence-electron chi connectivity index (χ1n) is 6.56. The van der Waals surface area contributed by atoms with E-state index >= 15 is 0 Å². The summed E-state index contributed by atoms with van der Waals surface area (Å²) in [7, 11) is 0. The zero-order chi connectivity index (χ0) is 16.3. The van der Waals surface area contributed by atoms with Crippen molar-refractivity contribution < 1.29 is 14.5 Å². The first-order chi connectivity index (χ1) is 10.4. The molecule has 0 aliphatic rings. The fourth-order valence-electron chi connectivity index (χ4n) is 2.07. The third-order valence-electron chi connectivity index (χ3n) is 3.21. The Morgan fingerprint density at radius 2 is 1.73 bits per heavy atom. The number of nitrogens with one attached hydrogen (secondary N) is 1. The molecule has 112 valence electrons. The van der Waals surface area contributed by atoms with Gasteiger partial charge in [0.15, 0.2) is 5.78 Å². The molecule has 0 fully saturated rings. The molecule has 0 saturated carbocycles. The molecule has 0 spiro atoms. The van der Waals surface area contributed by atoms with Crippen LogP contribution in [-0.2, 0) is 0 Å². The van der Waals surface area contributed by atoms with E-state index in [1.807, 2.05) is 0 Å². The van der Waals surface area contributed by atoms with Gasteiger partial charge in [-0.1, -0.05) is 12.1 Å². The average Bonchev–Trinajstić information content (AvgIpc) is 2.47. The largest absolute Gasteiger partial charge is 0.322 e. The van der Waals surface area contributed by atoms with E-state index < -0.39 is 10.8 Å². The van der Waals surface area contributed by atoms with Crippen LogP contribution in [0, 0.1) is 17.0 Å². The number of hydrogen-bond acceptors (Lipinski definition) is 4. The maximum Gasteiger partial charge on any atom is 0.285 e. The van der Waals surface area contributed by atoms with E-state index in [-0.39, 0.29) is 17.0 Å². The van der Waals surface area contributed by atoms with Gasteiger partial charge >= 0.3 is 0 Å². The molecule has 0 radical (unpaired) electrons. The summed E-state index contributed by atoms with van der Waals surface area (Å²) in [4.78, 5) is 34.0. The third-order valence-corrected chi connectivity index (χ3v) is 3.21. The van der Waals surface area contributed by atoms with Crippen LogP contribution in [0.3, 0.4) is 0 Å². The molecule has 6 heteroatoms. The molecule has 0 saturated heterocycles. The van der Waals surface area contributed by atoms with Gasteiger partial charge in [0.2, 0.25) is 0 Å². The number of amides is 1. The molecule has 0 aromatic heterocycles. The molecule has 2 aromatic carbocycles. The predicted octanol–water partition coefficient (Wildman–Crippen LogP) is 3.36. The molecule has 0 unspecified atom stereocenters. The van der Waals surface area contributed by atoms with E-state index in [1.54, 1.807) is 43.3 Å². The number of aryl methyl sites for hydroxylation is 1. The molecule has 2 rings (SSSR count). The van der Waals surface area contributed by atoms with Gasteiger partial charge in [-0.2, -0.15) is 0 Å². The van der Waals surface area contributed by atoms with Gasteiger partial charge in [0.05, 0.1) is 4.92 Å². The first kappa shape index (κ1) is 15.4. The van der Waals surface area contributed by atoms with E-state index in [4.69, 9.17) is 0 Å². The number of benzene rings is 2. The van der Waals surface area contributed by atoms with Crippen molar-refractivity contribution in [1.29, 1.82) is 0 Å². The lowest BCUT2D eigenvalue weighted by Gasteiger charge is -2.07. The van der Waals surface area contributed by atoms with Crippen LogP contribution in [0.25, 0.3) is 0 Å². The minimum atomic E-state index is -0.566. The number of nitro benzene ring substituents is 1. The summed E-state index contributed by atoms with van der Waals surface area (Å²) in [6.45, 7) is 3.03. The Morgan fingerprint density at radius 3 is 2.27 bits per heavy atom. The number of para-hydroxylation sites is 1. The number of nitro groups is 1. The maximum absolute atomic E-state index is 12.2. The van der Waals surface area contributed by atoms with Gasteiger partial charge < -0.3 is 5.32 Å². The van der Waals surface area contributed by atoms with Crippen LogP contribution in [0.4, 0.5) is 11.4 Å². The molecule has 0 aliphatic carbocycles. The Morgan fingerprint density at radius 1 is 1.09 bits per heavy atom. The van der Waals surface area contributed by atoms with Crippen LogP contribution >= 0.6 is 0 Å². The highest BCUT2D eigenvalue weighted by molar-refractivity contribution is 6.07. The average molecular weight is 298 g/mol. The molecule has 1 N–H and O–H groups in total. The summed E-state index contributed by atoms with van der Waals surface area (Å²) in [5.74, 6) is -0.641. The minimum Gasteiger partial charge on any atom is -0.322 e. The van der Waals surface area contributed by atoms with Crippen LogP contribution in [0.1, 0.15) is 33.2 Å². The Hall–Kier alpha value is -3.02. The number of anilines is 1. The Bertz CT molecular complexity index is 751. The third kappa shape index (κ3) is 3.17. The maximum atomic E-state index is 12.2. The lowest BCUT2D eigenvalue weighted by atomic mass is 10.1. The SMILES string of the molecule is CC(=O)c1ccc(NC(=O)c2cccc(C)c2[N+](=O)[O-])cc1. The number of carbonyl (C=O) groups is 2. The number of nitrogens with zero attached hydrogens (tertiary/aromatic N) is 1. The number of hydrogen-bond donors (Lipinski definition) is 1. The molecule has 1 amide bonds. The van der Waals surface area contributed by atoms with E-state index in [0.29, 0.717) is 16.8 Å². The topological polar surface area (TPSA) is 89.3 Å². The van der Waals surface area contributed by atoms with Crippen molar-refractivity contribution in [2.24, 2.45) is 0 Å². The molecule has 22 heavy (non-hydrogen) atoms. The van der Waals surface area contributed by atoms with Crippen LogP contribution in [0.5, 0.6) is 0 Å². The molecular weight excluding hydrogens is 284 g/mol. The molecule has 0 heterocycles. The molecule has 0 atom stereocenters. The second-order valence-electron chi connectivity index (χ2n) is 4.82. The second kappa shape index (κ2) is 6.17. The summed E-state index contributed by atoms with van der Waals surface area (Å²) in [6, 6.07) is 10.9. The van der Waals surface area contributed by atoms with E-state index in [2.05, 4.69) is 5.32 Å². The Kier molecular flexibility index (Phi) is 4.31. The number of carbonyl (C=O) groups excluding carboxylic acids is 2. The highest BCUT2D eigenvalue weighted by Gasteiger charge is 2.22. The molecule has 6 nitrogen and oxygen atoms in total. The summed E-state index contributed by atoms with van der Waals surface area (Å²) in [5, 5.41) is 13.7. The van der Waals surface area contributed by atoms with Gasteiger partial charge in [-0.3, -0.25) is 19.7 Å². The van der Waals surface area contributed by atoms with Gasteiger partial charge in [0.25, 0.3) is 11.6 Å². The van der Waals surface area contributed by atoms with Crippen molar-refractivity contribution in [2.75, 3.05) is 5.32 Å². The number of rotatable bonds is 4. The van der Waals surface area contributed by atoms with Crippen LogP contribution in [-0.4, -0.2) is 16.6 Å². The zero-order valence-electron chi connectivity index (χ0n) is 12.1. The van der Waals surface area contributed by atoms with E-state index in [0.717, 1.165) is 0 Å². The van der Waals surface area contributed by atoms with Crippen molar-refractivity contribution in [3.8, 4) is 0 Å². The monoisotopic (exact) mass is 298 g/mol. The smallest absolute Gasteiger partial charge is 0.285 e. The summed E-state index contributed by atoms with van der Waals surface area (Å²) >= 11 is 0. The number of ketones is 1. The van der Waals surface area contributed by atoms with Gasteiger partial charge in [-0.25, -0.2) is 0 Å². The van der Waals surface area contributed by atoms with Gasteiger partial charge in [-0.15, -0.1) is 0 Å². The molecule has 0 aliphatic heterocycles. The first-order valence-corrected chi connectivity index (χ1v) is 6.56. The quantitative estimate of drug-likeness (QED) is 0.532. The van der Waals surface area contributed by atoms with E-state index in [9.17, 15) is 19.7 Å². The Labute approximate surface area is 126 Å². The van der Waals surface area contributed by atoms with Crippen molar-refractivity contribution in [1.82, 2.24) is 0 Å². The molecule has 0 bridgehead atoms. The normalized spacial score (nSPS) is 10.1. The Balaban J connectivity index is 2.28. The second-order valence-corrected chi connectivity index (χ2v) is 4.82. The highest BCUT2D eigenvalue weighted by atomic mass is 16.6. The fraction of sp³-hybridized carbons (Fsp3) is 0.125. The summed E-state index contributed by atoms with van der Waals surface area (Å²) < 4.78 is 0. The van der Waals surface area contributed by atoms with Gasteiger partial charge in [-0.05, 0) is 44.2 Å². The van der Waals surface area contributed by atoms with Crippen molar-refractivity contribution in [2.45, 2.75) is 13.8 Å². The zero-order valence-corrected chi connectivity index (χ0v) is 12.1. The van der Waals surface area contributed by atoms with Crippen LogP contribution in [0.2, 0.25) is 0 Å². The standard InChI is InChI=1S/C16H14N2O4/c1-10-4-3-5-14(15(10)18(21)22)16(20)17-13-8-6-12(7-9-13)11(2)19/h3-9H,1-2H3,(H,17,20). The highest BCUT2D eigenvalue weighted by Crippen LogP contribution is 2.24. The van der Waals surface area contributed by atoms with Crippen LogP contribution in [0.15, 0.2) is 42.5 Å². The predicted molar refractivity (Wildman–Crippen MR) is 82.2 cm³/mol. The fourth-order valence-corrected chi connectivity index (χ4v) is 2.07. The summed E-state index contributed by atoms with van der Waals surface area (Å²) in [6.07, 6.45) is 0. The van der Waals surface area contributed by atoms with Gasteiger partial charge in [0, 0.05) is 16.8 Å². The number of Topliss-reactive ketones (excluding diaryl/α,β-unsaturated/α-hetero) is 1. The van der Waals surface area contributed by atoms with E-state index in [1.165, 1.54) is 13.0 Å². The lowest BCUT2D eigenvalue weighted by Crippen LogP contribution is -2.14. The summed E-state index contributed by atoms with van der Waals surface area (Å²) in [5.41, 5.74) is 1.20. The van der Waals surface area contributed by atoms with Crippen molar-refractivity contribution in [3.05, 3.63) is 69.3 Å². The molecule has 2 aromatic rings. The molecular formula is C16H14N2O4. The minimum absolute atomic E-state index is 0.000597. The van der Waals surface area contributed by atoms with Crippen molar-refractivity contribution in [3.63, 3.8) is 0 Å². The van der Waals surface area contributed by atoms with Crippen molar-refractivity contribution >= 4 is 23.1 Å².